The second kappa shape index (κ2) is 6.80. The highest BCUT2D eigenvalue weighted by Gasteiger charge is 2.10. The minimum Gasteiger partial charge on any atom is -0.484 e. The number of ether oxygens (including phenoxy) is 1. The predicted octanol–water partition coefficient (Wildman–Crippen LogP) is 1.22. The molecule has 3 N–H and O–H groups in total. The monoisotopic (exact) mass is 306 g/mol. The number of amides is 2. The van der Waals surface area contributed by atoms with Gasteiger partial charge in [-0.2, -0.15) is 0 Å². The van der Waals surface area contributed by atoms with Crippen LogP contribution in [0.15, 0.2) is 24.3 Å². The van der Waals surface area contributed by atoms with E-state index in [0.29, 0.717) is 16.4 Å². The number of hydrogen-bond donors (Lipinski definition) is 2. The number of nitrogens with zero attached hydrogens (tertiary/aromatic N) is 2. The molecule has 7 nitrogen and oxygen atoms in total. The van der Waals surface area contributed by atoms with Crippen molar-refractivity contribution in [1.29, 1.82) is 0 Å². The van der Waals surface area contributed by atoms with E-state index < -0.39 is 5.91 Å². The van der Waals surface area contributed by atoms with Gasteiger partial charge >= 0.3 is 0 Å². The second-order valence-electron chi connectivity index (χ2n) is 4.09. The first-order valence-corrected chi connectivity index (χ1v) is 7.05. The van der Waals surface area contributed by atoms with Gasteiger partial charge in [0.05, 0.1) is 0 Å². The largest absolute Gasteiger partial charge is 0.484 e. The number of rotatable bonds is 6. The lowest BCUT2D eigenvalue weighted by Gasteiger charge is -2.06. The van der Waals surface area contributed by atoms with Crippen molar-refractivity contribution in [3.63, 3.8) is 0 Å². The number of anilines is 1. The van der Waals surface area contributed by atoms with Crippen LogP contribution in [0.5, 0.6) is 5.75 Å². The van der Waals surface area contributed by atoms with Crippen LogP contribution in [0.4, 0.5) is 5.13 Å². The molecule has 1 aromatic carbocycles. The highest BCUT2D eigenvalue weighted by molar-refractivity contribution is 7.15. The molecule has 0 bridgehead atoms. The van der Waals surface area contributed by atoms with E-state index >= 15 is 0 Å². The summed E-state index contributed by atoms with van der Waals surface area (Å²) >= 11 is 1.33. The van der Waals surface area contributed by atoms with Crippen molar-refractivity contribution in [2.45, 2.75) is 13.3 Å². The molecule has 0 spiro atoms. The zero-order valence-corrected chi connectivity index (χ0v) is 12.1. The Morgan fingerprint density at radius 1 is 1.38 bits per heavy atom. The number of carbonyl (C=O) groups excluding carboxylic acids is 2. The Morgan fingerprint density at radius 2 is 2.19 bits per heavy atom. The van der Waals surface area contributed by atoms with Crippen molar-refractivity contribution in [1.82, 2.24) is 10.2 Å². The summed E-state index contributed by atoms with van der Waals surface area (Å²) in [6.07, 6.45) is 0.768. The van der Waals surface area contributed by atoms with Crippen molar-refractivity contribution in [2.75, 3.05) is 11.9 Å². The Hall–Kier alpha value is -2.48. The normalized spacial score (nSPS) is 10.1. The number of aryl methyl sites for hydroxylation is 1. The van der Waals surface area contributed by atoms with Crippen LogP contribution in [0.2, 0.25) is 0 Å². The van der Waals surface area contributed by atoms with E-state index in [1.54, 1.807) is 18.2 Å². The van der Waals surface area contributed by atoms with Crippen molar-refractivity contribution in [3.05, 3.63) is 34.8 Å². The first kappa shape index (κ1) is 14.9. The minimum absolute atomic E-state index is 0.235. The Labute approximate surface area is 125 Å². The van der Waals surface area contributed by atoms with Gasteiger partial charge in [-0.15, -0.1) is 10.2 Å². The number of aromatic nitrogens is 2. The summed E-state index contributed by atoms with van der Waals surface area (Å²) in [6, 6.07) is 6.46. The molecule has 0 aliphatic carbocycles. The third-order valence-corrected chi connectivity index (χ3v) is 3.45. The van der Waals surface area contributed by atoms with Crippen molar-refractivity contribution in [3.8, 4) is 5.75 Å². The highest BCUT2D eigenvalue weighted by atomic mass is 32.1. The van der Waals surface area contributed by atoms with Crippen molar-refractivity contribution in [2.24, 2.45) is 5.73 Å². The van der Waals surface area contributed by atoms with Crippen LogP contribution in [0.1, 0.15) is 22.3 Å². The van der Waals surface area contributed by atoms with E-state index in [1.807, 2.05) is 6.92 Å². The molecule has 2 aromatic rings. The molecule has 2 amide bonds. The topological polar surface area (TPSA) is 107 Å². The fourth-order valence-electron chi connectivity index (χ4n) is 1.50. The van der Waals surface area contributed by atoms with Gasteiger partial charge in [-0.05, 0) is 24.6 Å². The molecule has 2 rings (SSSR count). The highest BCUT2D eigenvalue weighted by Crippen LogP contribution is 2.18. The number of benzene rings is 1. The lowest BCUT2D eigenvalue weighted by Crippen LogP contribution is -2.20. The molecular weight excluding hydrogens is 292 g/mol. The van der Waals surface area contributed by atoms with Gasteiger partial charge in [0.1, 0.15) is 10.8 Å². The summed E-state index contributed by atoms with van der Waals surface area (Å²) in [6.45, 7) is 1.73. The summed E-state index contributed by atoms with van der Waals surface area (Å²) in [7, 11) is 0. The molecule has 0 unspecified atom stereocenters. The first-order valence-electron chi connectivity index (χ1n) is 6.23. The molecule has 0 saturated carbocycles. The van der Waals surface area contributed by atoms with Crippen molar-refractivity contribution >= 4 is 28.3 Å². The van der Waals surface area contributed by atoms with Crippen LogP contribution in [0, 0.1) is 0 Å². The molecule has 0 fully saturated rings. The molecule has 1 heterocycles. The molecule has 0 aliphatic rings. The predicted molar refractivity (Wildman–Crippen MR) is 78.4 cm³/mol. The van der Waals surface area contributed by atoms with E-state index in [4.69, 9.17) is 10.5 Å². The number of carbonyl (C=O) groups is 2. The van der Waals surface area contributed by atoms with Gasteiger partial charge in [-0.1, -0.05) is 24.3 Å². The third kappa shape index (κ3) is 4.25. The number of primary amides is 1. The Balaban J connectivity index is 2.04. The molecule has 0 atom stereocenters. The fraction of sp³-hybridized carbons (Fsp3) is 0.231. The lowest BCUT2D eigenvalue weighted by atomic mass is 10.2. The van der Waals surface area contributed by atoms with E-state index in [0.717, 1.165) is 11.4 Å². The summed E-state index contributed by atoms with van der Waals surface area (Å²) in [5.41, 5.74) is 5.39. The van der Waals surface area contributed by atoms with E-state index in [2.05, 4.69) is 15.5 Å². The molecule has 110 valence electrons. The van der Waals surface area contributed by atoms with Gasteiger partial charge in [0.25, 0.3) is 11.8 Å². The summed E-state index contributed by atoms with van der Waals surface area (Å²) < 4.78 is 5.15. The SMILES string of the molecule is CCc1nnc(NC(=O)c2cccc(OCC(N)=O)c2)s1. The van der Waals surface area contributed by atoms with Gasteiger partial charge in [-0.3, -0.25) is 14.9 Å². The van der Waals surface area contributed by atoms with E-state index in [-0.39, 0.29) is 12.5 Å². The minimum atomic E-state index is -0.578. The standard InChI is InChI=1S/C13H14N4O3S/c1-2-11-16-17-13(21-11)15-12(19)8-4-3-5-9(6-8)20-7-10(14)18/h3-6H,2,7H2,1H3,(H2,14,18)(H,15,17,19). The maximum Gasteiger partial charge on any atom is 0.257 e. The average molecular weight is 306 g/mol. The van der Waals surface area contributed by atoms with Crippen LogP contribution in [-0.2, 0) is 11.2 Å². The average Bonchev–Trinajstić information content (AvgIpc) is 2.93. The van der Waals surface area contributed by atoms with Gasteiger partial charge in [0, 0.05) is 5.56 Å². The fourth-order valence-corrected chi connectivity index (χ4v) is 2.17. The summed E-state index contributed by atoms with van der Waals surface area (Å²) in [5.74, 6) is -0.503. The third-order valence-electron chi connectivity index (χ3n) is 2.47. The Bertz CT molecular complexity index is 656. The number of hydrogen-bond acceptors (Lipinski definition) is 6. The van der Waals surface area contributed by atoms with Crippen LogP contribution < -0.4 is 15.8 Å². The van der Waals surface area contributed by atoms with E-state index in [9.17, 15) is 9.59 Å². The first-order chi connectivity index (χ1) is 10.1. The van der Waals surface area contributed by atoms with Crippen LogP contribution >= 0.6 is 11.3 Å². The zero-order chi connectivity index (χ0) is 15.2. The van der Waals surface area contributed by atoms with Gasteiger partial charge in [-0.25, -0.2) is 0 Å². The Morgan fingerprint density at radius 3 is 2.86 bits per heavy atom. The van der Waals surface area contributed by atoms with Gasteiger partial charge < -0.3 is 10.5 Å². The maximum absolute atomic E-state index is 12.1. The summed E-state index contributed by atoms with van der Waals surface area (Å²) in [5, 5.41) is 11.8. The quantitative estimate of drug-likeness (QED) is 0.834. The molecule has 1 aromatic heterocycles. The maximum atomic E-state index is 12.1. The molecule has 0 aliphatic heterocycles. The van der Waals surface area contributed by atoms with E-state index in [1.165, 1.54) is 17.4 Å². The lowest BCUT2D eigenvalue weighted by molar-refractivity contribution is -0.119. The molecular formula is C13H14N4O3S. The van der Waals surface area contributed by atoms with Gasteiger partial charge in [0.2, 0.25) is 5.13 Å². The van der Waals surface area contributed by atoms with Crippen LogP contribution in [-0.4, -0.2) is 28.6 Å². The summed E-state index contributed by atoms with van der Waals surface area (Å²) in [4.78, 5) is 22.8. The molecule has 21 heavy (non-hydrogen) atoms. The van der Waals surface area contributed by atoms with Crippen LogP contribution in [0.25, 0.3) is 0 Å². The second-order valence-corrected chi connectivity index (χ2v) is 5.15. The Kier molecular flexibility index (Phi) is 4.83. The molecule has 0 saturated heterocycles. The van der Waals surface area contributed by atoms with Gasteiger partial charge in [0.15, 0.2) is 6.61 Å². The van der Waals surface area contributed by atoms with Crippen LogP contribution in [0.3, 0.4) is 0 Å². The smallest absolute Gasteiger partial charge is 0.257 e. The molecule has 0 radical (unpaired) electrons. The molecule has 8 heteroatoms. The number of nitrogens with two attached hydrogens (primary N) is 1. The zero-order valence-electron chi connectivity index (χ0n) is 11.3. The number of nitrogens with one attached hydrogen (secondary N) is 1. The van der Waals surface area contributed by atoms with Crippen molar-refractivity contribution < 1.29 is 14.3 Å².